The summed E-state index contributed by atoms with van der Waals surface area (Å²) in [5.74, 6) is 0.122. The van der Waals surface area contributed by atoms with Crippen LogP contribution >= 0.6 is 0 Å². The third-order valence-electron chi connectivity index (χ3n) is 6.28. The van der Waals surface area contributed by atoms with Gasteiger partial charge in [-0.1, -0.05) is 12.1 Å². The highest BCUT2D eigenvalue weighted by molar-refractivity contribution is 7.89. The van der Waals surface area contributed by atoms with Crippen molar-refractivity contribution < 1.29 is 27.2 Å². The molecule has 0 atom stereocenters. The largest absolute Gasteiger partial charge is 0.495 e. The number of nitrogens with zero attached hydrogens (tertiary/aromatic N) is 2. The molecule has 0 bridgehead atoms. The van der Waals surface area contributed by atoms with Crippen molar-refractivity contribution in [2.45, 2.75) is 37.5 Å². The number of hydrogen-bond acceptors (Lipinski definition) is 6. The third-order valence-corrected chi connectivity index (χ3v) is 8.29. The number of benzene rings is 1. The van der Waals surface area contributed by atoms with Crippen LogP contribution in [0.15, 0.2) is 39.6 Å². The first-order chi connectivity index (χ1) is 15.8. The normalized spacial score (nSPS) is 17.8. The lowest BCUT2D eigenvalue weighted by molar-refractivity contribution is -0.121. The first-order valence-corrected chi connectivity index (χ1v) is 12.6. The van der Waals surface area contributed by atoms with Crippen LogP contribution in [0, 0.1) is 12.8 Å². The lowest BCUT2D eigenvalue weighted by atomic mass is 9.95. The van der Waals surface area contributed by atoms with Crippen molar-refractivity contribution in [2.75, 3.05) is 38.6 Å². The molecule has 0 radical (unpaired) electrons. The first-order valence-electron chi connectivity index (χ1n) is 11.1. The van der Waals surface area contributed by atoms with Gasteiger partial charge in [0, 0.05) is 38.2 Å². The molecule has 4 rings (SSSR count). The maximum atomic E-state index is 13.0. The highest BCUT2D eigenvalue weighted by Crippen LogP contribution is 2.29. The van der Waals surface area contributed by atoms with Gasteiger partial charge in [0.15, 0.2) is 5.76 Å². The number of carbonyl (C=O) groups is 2. The average molecular weight is 476 g/mol. The van der Waals surface area contributed by atoms with Crippen LogP contribution in [0.2, 0.25) is 0 Å². The summed E-state index contributed by atoms with van der Waals surface area (Å²) in [5, 5.41) is 2.90. The van der Waals surface area contributed by atoms with Crippen LogP contribution in [0.4, 0.5) is 5.69 Å². The Bertz CT molecular complexity index is 1130. The molecule has 2 fully saturated rings. The maximum Gasteiger partial charge on any atom is 0.289 e. The minimum Gasteiger partial charge on any atom is -0.495 e. The maximum absolute atomic E-state index is 13.0. The summed E-state index contributed by atoms with van der Waals surface area (Å²) in [6.45, 7) is 3.31. The number of carbonyl (C=O) groups excluding carboxylic acids is 2. The van der Waals surface area contributed by atoms with Crippen LogP contribution < -0.4 is 10.1 Å². The molecular weight excluding hydrogens is 446 g/mol. The van der Waals surface area contributed by atoms with E-state index >= 15 is 0 Å². The molecule has 0 unspecified atom stereocenters. The Kier molecular flexibility index (Phi) is 6.76. The van der Waals surface area contributed by atoms with Crippen molar-refractivity contribution in [3.8, 4) is 5.75 Å². The fraction of sp³-hybridized carbons (Fsp3) is 0.478. The fourth-order valence-electron chi connectivity index (χ4n) is 4.38. The highest BCUT2D eigenvalue weighted by Gasteiger charge is 2.34. The molecule has 1 N–H and O–H groups in total. The van der Waals surface area contributed by atoms with E-state index < -0.39 is 10.0 Å². The number of rotatable bonds is 6. The Morgan fingerprint density at radius 2 is 1.76 bits per heavy atom. The van der Waals surface area contributed by atoms with Gasteiger partial charge >= 0.3 is 0 Å². The molecule has 2 aliphatic heterocycles. The van der Waals surface area contributed by atoms with Crippen molar-refractivity contribution in [3.05, 3.63) is 41.9 Å². The Labute approximate surface area is 193 Å². The van der Waals surface area contributed by atoms with Crippen LogP contribution in [-0.4, -0.2) is 62.7 Å². The molecule has 1 aromatic heterocycles. The monoisotopic (exact) mass is 475 g/mol. The highest BCUT2D eigenvalue weighted by atomic mass is 32.2. The van der Waals surface area contributed by atoms with Crippen molar-refractivity contribution >= 4 is 27.5 Å². The summed E-state index contributed by atoms with van der Waals surface area (Å²) in [6.07, 6.45) is 2.68. The van der Waals surface area contributed by atoms with Gasteiger partial charge in [-0.05, 0) is 44.7 Å². The van der Waals surface area contributed by atoms with E-state index in [-0.39, 0.29) is 34.1 Å². The standard InChI is InChI=1S/C23H29N3O6S/c1-16-21(33(29,30)26-11-5-6-12-26)15-20(32-16)23(28)25-13-9-17(10-14-25)22(27)24-18-7-3-4-8-19(18)31-2/h3-4,7-8,15,17H,5-6,9-14H2,1-2H3,(H,24,27). The zero-order valence-electron chi connectivity index (χ0n) is 18.9. The summed E-state index contributed by atoms with van der Waals surface area (Å²) in [6, 6.07) is 8.55. The minimum absolute atomic E-state index is 0.0159. The summed E-state index contributed by atoms with van der Waals surface area (Å²) in [4.78, 5) is 27.3. The molecule has 2 amide bonds. The molecule has 1 aromatic carbocycles. The molecule has 178 valence electrons. The van der Waals surface area contributed by atoms with Crippen molar-refractivity contribution in [2.24, 2.45) is 5.92 Å². The number of likely N-dealkylation sites (tertiary alicyclic amines) is 1. The average Bonchev–Trinajstić information content (AvgIpc) is 3.50. The van der Waals surface area contributed by atoms with Crippen molar-refractivity contribution in [3.63, 3.8) is 0 Å². The van der Waals surface area contributed by atoms with E-state index in [1.165, 1.54) is 10.4 Å². The van der Waals surface area contributed by atoms with Gasteiger partial charge in [0.25, 0.3) is 5.91 Å². The molecule has 3 heterocycles. The van der Waals surface area contributed by atoms with Crippen molar-refractivity contribution in [1.82, 2.24) is 9.21 Å². The van der Waals surface area contributed by atoms with Gasteiger partial charge in [-0.15, -0.1) is 0 Å². The number of ether oxygens (including phenoxy) is 1. The zero-order valence-corrected chi connectivity index (χ0v) is 19.7. The van der Waals surface area contributed by atoms with Crippen LogP contribution in [0.25, 0.3) is 0 Å². The summed E-state index contributed by atoms with van der Waals surface area (Å²) < 4.78 is 38.0. The molecule has 2 aromatic rings. The Morgan fingerprint density at radius 1 is 1.09 bits per heavy atom. The Balaban J connectivity index is 1.38. The van der Waals surface area contributed by atoms with Crippen LogP contribution in [0.3, 0.4) is 0 Å². The van der Waals surface area contributed by atoms with E-state index in [9.17, 15) is 18.0 Å². The first kappa shape index (κ1) is 23.3. The van der Waals surface area contributed by atoms with E-state index in [4.69, 9.17) is 9.15 Å². The van der Waals surface area contributed by atoms with Crippen LogP contribution in [-0.2, 0) is 14.8 Å². The molecule has 0 aliphatic carbocycles. The van der Waals surface area contributed by atoms with Gasteiger partial charge in [-0.3, -0.25) is 9.59 Å². The van der Waals surface area contributed by atoms with Gasteiger partial charge < -0.3 is 19.4 Å². The number of anilines is 1. The predicted molar refractivity (Wildman–Crippen MR) is 122 cm³/mol. The minimum atomic E-state index is -3.66. The summed E-state index contributed by atoms with van der Waals surface area (Å²) >= 11 is 0. The lowest BCUT2D eigenvalue weighted by Gasteiger charge is -2.30. The molecule has 0 saturated carbocycles. The number of para-hydroxylation sites is 2. The van der Waals surface area contributed by atoms with E-state index in [0.717, 1.165) is 12.8 Å². The van der Waals surface area contributed by atoms with E-state index in [1.54, 1.807) is 31.1 Å². The number of furan rings is 1. The van der Waals surface area contributed by atoms with E-state index in [1.807, 2.05) is 12.1 Å². The zero-order chi connectivity index (χ0) is 23.6. The number of sulfonamides is 1. The van der Waals surface area contributed by atoms with E-state index in [2.05, 4.69) is 5.32 Å². The summed E-state index contributed by atoms with van der Waals surface area (Å²) in [5.41, 5.74) is 0.612. The second kappa shape index (κ2) is 9.56. The van der Waals surface area contributed by atoms with Gasteiger partial charge in [-0.25, -0.2) is 8.42 Å². The van der Waals surface area contributed by atoms with Gasteiger partial charge in [0.2, 0.25) is 15.9 Å². The fourth-order valence-corrected chi connectivity index (χ4v) is 6.06. The number of amides is 2. The number of aryl methyl sites for hydroxylation is 1. The topological polar surface area (TPSA) is 109 Å². The molecule has 2 saturated heterocycles. The predicted octanol–water partition coefficient (Wildman–Crippen LogP) is 2.87. The number of methoxy groups -OCH3 is 1. The number of piperidine rings is 1. The molecule has 2 aliphatic rings. The third kappa shape index (κ3) is 4.77. The summed E-state index contributed by atoms with van der Waals surface area (Å²) in [7, 11) is -2.11. The Morgan fingerprint density at radius 3 is 2.42 bits per heavy atom. The SMILES string of the molecule is COc1ccccc1NC(=O)C1CCN(C(=O)c2cc(S(=O)(=O)N3CCCC3)c(C)o2)CC1. The number of hydrogen-bond donors (Lipinski definition) is 1. The van der Waals surface area contributed by atoms with Crippen molar-refractivity contribution in [1.29, 1.82) is 0 Å². The van der Waals surface area contributed by atoms with Gasteiger partial charge in [0.05, 0.1) is 12.8 Å². The molecule has 0 spiro atoms. The molecule has 33 heavy (non-hydrogen) atoms. The quantitative estimate of drug-likeness (QED) is 0.688. The molecule has 9 nitrogen and oxygen atoms in total. The van der Waals surface area contributed by atoms with Crippen LogP contribution in [0.5, 0.6) is 5.75 Å². The molecule has 10 heteroatoms. The number of nitrogens with one attached hydrogen (secondary N) is 1. The smallest absolute Gasteiger partial charge is 0.289 e. The second-order valence-corrected chi connectivity index (χ2v) is 10.3. The van der Waals surface area contributed by atoms with Crippen LogP contribution in [0.1, 0.15) is 42.0 Å². The second-order valence-electron chi connectivity index (χ2n) is 8.40. The molecular formula is C23H29N3O6S. The van der Waals surface area contributed by atoms with Gasteiger partial charge in [-0.2, -0.15) is 4.31 Å². The van der Waals surface area contributed by atoms with Gasteiger partial charge in [0.1, 0.15) is 16.4 Å². The lowest BCUT2D eigenvalue weighted by Crippen LogP contribution is -2.41. The Hall–Kier alpha value is -2.85. The van der Waals surface area contributed by atoms with E-state index in [0.29, 0.717) is 50.5 Å².